The van der Waals surface area contributed by atoms with Crippen molar-refractivity contribution in [3.63, 3.8) is 0 Å². The first-order valence-electron chi connectivity index (χ1n) is 6.74. The van der Waals surface area contributed by atoms with Crippen LogP contribution in [0.3, 0.4) is 0 Å². The molecule has 1 aromatic rings. The number of rotatable bonds is 4. The fourth-order valence-corrected chi connectivity index (χ4v) is 2.60. The van der Waals surface area contributed by atoms with Gasteiger partial charge in [-0.3, -0.25) is 9.69 Å². The van der Waals surface area contributed by atoms with Gasteiger partial charge in [0, 0.05) is 19.1 Å². The molecule has 1 heterocycles. The van der Waals surface area contributed by atoms with Crippen LogP contribution in [0.1, 0.15) is 12.5 Å². The zero-order chi connectivity index (χ0) is 14.7. The van der Waals surface area contributed by atoms with Crippen LogP contribution in [0.4, 0.5) is 0 Å². The average molecular weight is 278 g/mol. The summed E-state index contributed by atoms with van der Waals surface area (Å²) in [6, 6.07) is 5.99. The lowest BCUT2D eigenvalue weighted by atomic mass is 10.1. The van der Waals surface area contributed by atoms with Gasteiger partial charge in [0.25, 0.3) is 0 Å². The third kappa shape index (κ3) is 3.04. The summed E-state index contributed by atoms with van der Waals surface area (Å²) in [6.45, 7) is 4.07. The van der Waals surface area contributed by atoms with E-state index in [1.54, 1.807) is 14.2 Å². The van der Waals surface area contributed by atoms with Crippen molar-refractivity contribution in [1.29, 1.82) is 0 Å². The number of nitrogens with zero attached hydrogens (tertiary/aromatic N) is 2. The summed E-state index contributed by atoms with van der Waals surface area (Å²) >= 11 is 0. The lowest BCUT2D eigenvalue weighted by Crippen LogP contribution is -2.53. The highest BCUT2D eigenvalue weighted by molar-refractivity contribution is 5.79. The molecule has 1 fully saturated rings. The molecule has 1 aromatic carbocycles. The van der Waals surface area contributed by atoms with E-state index >= 15 is 0 Å². The summed E-state index contributed by atoms with van der Waals surface area (Å²) in [5.74, 6) is 1.56. The molecule has 1 aliphatic heterocycles. The van der Waals surface area contributed by atoms with E-state index in [1.165, 1.54) is 0 Å². The number of amides is 1. The maximum Gasteiger partial charge on any atom is 0.237 e. The molecule has 0 spiro atoms. The van der Waals surface area contributed by atoms with Gasteiger partial charge in [-0.1, -0.05) is 6.07 Å². The van der Waals surface area contributed by atoms with Crippen LogP contribution >= 0.6 is 0 Å². The zero-order valence-corrected chi connectivity index (χ0v) is 12.5. The second-order valence-corrected chi connectivity index (χ2v) is 5.26. The van der Waals surface area contributed by atoms with Crippen molar-refractivity contribution in [3.05, 3.63) is 23.8 Å². The number of ether oxygens (including phenoxy) is 2. The predicted octanol–water partition coefficient (Wildman–Crippen LogP) is 1.37. The topological polar surface area (TPSA) is 42.0 Å². The maximum atomic E-state index is 12.1. The van der Waals surface area contributed by atoms with Gasteiger partial charge in [-0.15, -0.1) is 0 Å². The van der Waals surface area contributed by atoms with Gasteiger partial charge in [0.05, 0.1) is 20.8 Å². The Morgan fingerprint density at radius 2 is 1.95 bits per heavy atom. The molecule has 5 nitrogen and oxygen atoms in total. The van der Waals surface area contributed by atoms with Crippen molar-refractivity contribution in [2.45, 2.75) is 19.5 Å². The van der Waals surface area contributed by atoms with Crippen LogP contribution in [0.15, 0.2) is 18.2 Å². The zero-order valence-electron chi connectivity index (χ0n) is 12.5. The molecule has 1 aliphatic rings. The van der Waals surface area contributed by atoms with E-state index in [0.29, 0.717) is 24.6 Å². The fraction of sp³-hybridized carbons (Fsp3) is 0.533. The summed E-state index contributed by atoms with van der Waals surface area (Å²) in [5.41, 5.74) is 1.05. The SMILES string of the molecule is COc1ccc(CN2C(=O)CN(C)CC2C)cc1OC. The Hall–Kier alpha value is -1.75. The normalized spacial score (nSPS) is 20.1. The monoisotopic (exact) mass is 278 g/mol. The summed E-state index contributed by atoms with van der Waals surface area (Å²) in [6.07, 6.45) is 0. The van der Waals surface area contributed by atoms with E-state index in [4.69, 9.17) is 9.47 Å². The van der Waals surface area contributed by atoms with Gasteiger partial charge in [0.1, 0.15) is 0 Å². The van der Waals surface area contributed by atoms with Crippen LogP contribution in [0.25, 0.3) is 0 Å². The molecule has 0 aromatic heterocycles. The number of hydrogen-bond acceptors (Lipinski definition) is 4. The predicted molar refractivity (Wildman–Crippen MR) is 77.1 cm³/mol. The minimum Gasteiger partial charge on any atom is -0.493 e. The summed E-state index contributed by atoms with van der Waals surface area (Å²) in [7, 11) is 5.21. The highest BCUT2D eigenvalue weighted by Gasteiger charge is 2.27. The van der Waals surface area contributed by atoms with Crippen LogP contribution in [-0.4, -0.2) is 56.1 Å². The number of piperazine rings is 1. The van der Waals surface area contributed by atoms with Gasteiger partial charge in [0.2, 0.25) is 5.91 Å². The number of methoxy groups -OCH3 is 2. The number of carbonyl (C=O) groups excluding carboxylic acids is 1. The molecule has 1 saturated heterocycles. The summed E-state index contributed by atoms with van der Waals surface area (Å²) in [4.78, 5) is 16.1. The quantitative estimate of drug-likeness (QED) is 0.834. The third-order valence-corrected chi connectivity index (χ3v) is 3.63. The second kappa shape index (κ2) is 6.13. The molecular weight excluding hydrogens is 256 g/mol. The van der Waals surface area contributed by atoms with Gasteiger partial charge in [0.15, 0.2) is 11.5 Å². The first-order chi connectivity index (χ1) is 9.55. The van der Waals surface area contributed by atoms with Crippen LogP contribution in [-0.2, 0) is 11.3 Å². The minimum atomic E-state index is 0.168. The van der Waals surface area contributed by atoms with Crippen LogP contribution in [0.5, 0.6) is 11.5 Å². The molecule has 20 heavy (non-hydrogen) atoms. The average Bonchev–Trinajstić information content (AvgIpc) is 2.42. The highest BCUT2D eigenvalue weighted by Crippen LogP contribution is 2.28. The summed E-state index contributed by atoms with van der Waals surface area (Å²) in [5, 5.41) is 0. The van der Waals surface area contributed by atoms with E-state index < -0.39 is 0 Å². The first-order valence-corrected chi connectivity index (χ1v) is 6.74. The van der Waals surface area contributed by atoms with Crippen molar-refractivity contribution < 1.29 is 14.3 Å². The molecular formula is C15H22N2O3. The molecule has 0 radical (unpaired) electrons. The Morgan fingerprint density at radius 3 is 2.55 bits per heavy atom. The van der Waals surface area contributed by atoms with E-state index in [0.717, 1.165) is 12.1 Å². The molecule has 0 bridgehead atoms. The second-order valence-electron chi connectivity index (χ2n) is 5.26. The fourth-order valence-electron chi connectivity index (χ4n) is 2.60. The van der Waals surface area contributed by atoms with Gasteiger partial charge < -0.3 is 14.4 Å². The molecule has 0 aliphatic carbocycles. The van der Waals surface area contributed by atoms with Gasteiger partial charge in [-0.25, -0.2) is 0 Å². The molecule has 2 rings (SSSR count). The van der Waals surface area contributed by atoms with Gasteiger partial charge in [-0.2, -0.15) is 0 Å². The van der Waals surface area contributed by atoms with E-state index in [-0.39, 0.29) is 11.9 Å². The standard InChI is InChI=1S/C15H22N2O3/c1-11-8-16(2)10-15(18)17(11)9-12-5-6-13(19-3)14(7-12)20-4/h5-7,11H,8-10H2,1-4H3. The Labute approximate surface area is 120 Å². The maximum absolute atomic E-state index is 12.1. The van der Waals surface area contributed by atoms with E-state index in [9.17, 15) is 4.79 Å². The van der Waals surface area contributed by atoms with Crippen molar-refractivity contribution in [1.82, 2.24) is 9.80 Å². The van der Waals surface area contributed by atoms with Crippen LogP contribution < -0.4 is 9.47 Å². The molecule has 1 atom stereocenters. The Morgan fingerprint density at radius 1 is 1.25 bits per heavy atom. The Bertz CT molecular complexity index is 490. The number of hydrogen-bond donors (Lipinski definition) is 0. The van der Waals surface area contributed by atoms with Crippen molar-refractivity contribution in [2.75, 3.05) is 34.4 Å². The van der Waals surface area contributed by atoms with Gasteiger partial charge >= 0.3 is 0 Å². The largest absolute Gasteiger partial charge is 0.493 e. The van der Waals surface area contributed by atoms with Crippen LogP contribution in [0, 0.1) is 0 Å². The number of likely N-dealkylation sites (N-methyl/N-ethyl adjacent to an activating group) is 1. The van der Waals surface area contributed by atoms with E-state index in [2.05, 4.69) is 11.8 Å². The molecule has 0 N–H and O–H groups in total. The van der Waals surface area contributed by atoms with Crippen LogP contribution in [0.2, 0.25) is 0 Å². The summed E-state index contributed by atoms with van der Waals surface area (Å²) < 4.78 is 10.5. The number of benzene rings is 1. The molecule has 1 amide bonds. The third-order valence-electron chi connectivity index (χ3n) is 3.63. The lowest BCUT2D eigenvalue weighted by molar-refractivity contribution is -0.139. The smallest absolute Gasteiger partial charge is 0.237 e. The minimum absolute atomic E-state index is 0.168. The molecule has 0 saturated carbocycles. The molecule has 110 valence electrons. The molecule has 5 heteroatoms. The highest BCUT2D eigenvalue weighted by atomic mass is 16.5. The lowest BCUT2D eigenvalue weighted by Gasteiger charge is -2.38. The molecule has 1 unspecified atom stereocenters. The Balaban J connectivity index is 2.15. The Kier molecular flexibility index (Phi) is 4.49. The van der Waals surface area contributed by atoms with E-state index in [1.807, 2.05) is 30.1 Å². The van der Waals surface area contributed by atoms with Crippen molar-refractivity contribution in [3.8, 4) is 11.5 Å². The first kappa shape index (κ1) is 14.7. The van der Waals surface area contributed by atoms with Crippen molar-refractivity contribution in [2.24, 2.45) is 0 Å². The van der Waals surface area contributed by atoms with Crippen molar-refractivity contribution >= 4 is 5.91 Å². The number of carbonyl (C=O) groups is 1. The van der Waals surface area contributed by atoms with Gasteiger partial charge in [-0.05, 0) is 31.7 Å².